The van der Waals surface area contributed by atoms with Crippen LogP contribution in [0, 0.1) is 28.4 Å². The summed E-state index contributed by atoms with van der Waals surface area (Å²) in [6.07, 6.45) is 0.113. The lowest BCUT2D eigenvalue weighted by molar-refractivity contribution is -0.384. The van der Waals surface area contributed by atoms with E-state index >= 15 is 0 Å². The maximum Gasteiger partial charge on any atom is 0.340 e. The Bertz CT molecular complexity index is 938. The van der Waals surface area contributed by atoms with Gasteiger partial charge in [-0.3, -0.25) is 14.9 Å². The molecular weight excluding hydrogens is 386 g/mol. The first-order valence-corrected chi connectivity index (χ1v) is 8.56. The number of rotatable bonds is 7. The molecular formula is C19H16ClN3O5. The molecule has 0 unspecified atom stereocenters. The summed E-state index contributed by atoms with van der Waals surface area (Å²) in [6.45, 7) is 1.49. The van der Waals surface area contributed by atoms with Crippen LogP contribution in [0.1, 0.15) is 22.3 Å². The molecule has 28 heavy (non-hydrogen) atoms. The van der Waals surface area contributed by atoms with Gasteiger partial charge in [-0.05, 0) is 25.1 Å². The summed E-state index contributed by atoms with van der Waals surface area (Å²) in [5.74, 6) is -1.39. The van der Waals surface area contributed by atoms with Crippen LogP contribution < -0.4 is 4.90 Å². The normalized spacial score (nSPS) is 10.0. The van der Waals surface area contributed by atoms with Gasteiger partial charge in [0.25, 0.3) is 11.6 Å². The summed E-state index contributed by atoms with van der Waals surface area (Å²) in [5, 5.41) is 19.4. The molecule has 0 spiro atoms. The standard InChI is InChI=1S/C19H16ClN3O5/c1-13-3-5-14(6-4-13)22(10-2-9-21)18(24)12-28-19(25)16-8-7-15(23(26)27)11-17(16)20/h3-8,11H,2,10,12H2,1H3. The number of anilines is 1. The smallest absolute Gasteiger partial charge is 0.340 e. The number of esters is 1. The van der Waals surface area contributed by atoms with Crippen LogP contribution in [0.25, 0.3) is 0 Å². The van der Waals surface area contributed by atoms with E-state index < -0.39 is 23.4 Å². The lowest BCUT2D eigenvalue weighted by atomic mass is 10.2. The summed E-state index contributed by atoms with van der Waals surface area (Å²) in [7, 11) is 0. The van der Waals surface area contributed by atoms with Crippen LogP contribution in [-0.2, 0) is 9.53 Å². The van der Waals surface area contributed by atoms with E-state index in [2.05, 4.69) is 0 Å². The van der Waals surface area contributed by atoms with E-state index in [1.54, 1.807) is 12.1 Å². The summed E-state index contributed by atoms with van der Waals surface area (Å²) >= 11 is 5.89. The number of carbonyl (C=O) groups is 2. The van der Waals surface area contributed by atoms with Gasteiger partial charge < -0.3 is 9.64 Å². The van der Waals surface area contributed by atoms with Gasteiger partial charge in [0.15, 0.2) is 6.61 Å². The summed E-state index contributed by atoms with van der Waals surface area (Å²) in [6, 6.07) is 12.4. The maximum atomic E-state index is 12.5. The highest BCUT2D eigenvalue weighted by molar-refractivity contribution is 6.33. The van der Waals surface area contributed by atoms with Crippen LogP contribution in [0.5, 0.6) is 0 Å². The van der Waals surface area contributed by atoms with Crippen LogP contribution in [0.3, 0.4) is 0 Å². The molecule has 0 saturated heterocycles. The van der Waals surface area contributed by atoms with Crippen molar-refractivity contribution in [3.05, 3.63) is 68.7 Å². The van der Waals surface area contributed by atoms with E-state index in [0.29, 0.717) is 5.69 Å². The number of hydrogen-bond acceptors (Lipinski definition) is 6. The molecule has 2 rings (SSSR count). The molecule has 0 fully saturated rings. The average Bonchev–Trinajstić information content (AvgIpc) is 2.67. The van der Waals surface area contributed by atoms with Gasteiger partial charge in [-0.1, -0.05) is 29.3 Å². The minimum Gasteiger partial charge on any atom is -0.452 e. The SMILES string of the molecule is Cc1ccc(N(CCC#N)C(=O)COC(=O)c2ccc([N+](=O)[O-])cc2Cl)cc1. The van der Waals surface area contributed by atoms with Crippen molar-refractivity contribution in [2.75, 3.05) is 18.1 Å². The number of non-ortho nitro benzene ring substituents is 1. The molecule has 0 aliphatic rings. The highest BCUT2D eigenvalue weighted by Crippen LogP contribution is 2.23. The molecule has 0 aliphatic heterocycles. The van der Waals surface area contributed by atoms with Crippen LogP contribution in [0.15, 0.2) is 42.5 Å². The molecule has 9 heteroatoms. The number of ether oxygens (including phenoxy) is 1. The first kappa shape index (κ1) is 20.9. The number of amides is 1. The summed E-state index contributed by atoms with van der Waals surface area (Å²) in [4.78, 5) is 36.1. The van der Waals surface area contributed by atoms with Gasteiger partial charge >= 0.3 is 5.97 Å². The van der Waals surface area contributed by atoms with E-state index in [0.717, 1.165) is 17.7 Å². The van der Waals surface area contributed by atoms with Crippen molar-refractivity contribution in [2.24, 2.45) is 0 Å². The fourth-order valence-corrected chi connectivity index (χ4v) is 2.60. The summed E-state index contributed by atoms with van der Waals surface area (Å²) < 4.78 is 5.01. The number of nitrogens with zero attached hydrogens (tertiary/aromatic N) is 3. The Morgan fingerprint density at radius 1 is 1.25 bits per heavy atom. The number of halogens is 1. The number of nitro groups is 1. The second-order valence-corrected chi connectivity index (χ2v) is 6.19. The van der Waals surface area contributed by atoms with Crippen LogP contribution in [-0.4, -0.2) is 30.0 Å². The molecule has 0 saturated carbocycles. The highest BCUT2D eigenvalue weighted by atomic mass is 35.5. The number of nitriles is 1. The van der Waals surface area contributed by atoms with Gasteiger partial charge in [-0.15, -0.1) is 0 Å². The van der Waals surface area contributed by atoms with Crippen molar-refractivity contribution >= 4 is 34.9 Å². The summed E-state index contributed by atoms with van der Waals surface area (Å²) in [5.41, 5.74) is 1.24. The van der Waals surface area contributed by atoms with Gasteiger partial charge in [0.1, 0.15) is 0 Å². The van der Waals surface area contributed by atoms with E-state index in [1.165, 1.54) is 11.0 Å². The van der Waals surface area contributed by atoms with Crippen molar-refractivity contribution in [1.29, 1.82) is 5.26 Å². The molecule has 2 aromatic carbocycles. The van der Waals surface area contributed by atoms with Crippen molar-refractivity contribution in [1.82, 2.24) is 0 Å². The third-order valence-electron chi connectivity index (χ3n) is 3.80. The predicted octanol–water partition coefficient (Wildman–Crippen LogP) is 3.66. The first-order chi connectivity index (χ1) is 13.3. The van der Waals surface area contributed by atoms with Crippen molar-refractivity contribution in [2.45, 2.75) is 13.3 Å². The van der Waals surface area contributed by atoms with E-state index in [1.807, 2.05) is 25.1 Å². The molecule has 0 bridgehead atoms. The highest BCUT2D eigenvalue weighted by Gasteiger charge is 2.20. The second kappa shape index (κ2) is 9.48. The first-order valence-electron chi connectivity index (χ1n) is 8.18. The van der Waals surface area contributed by atoms with E-state index in [4.69, 9.17) is 21.6 Å². The number of nitro benzene ring substituents is 1. The lowest BCUT2D eigenvalue weighted by Gasteiger charge is -2.22. The minimum atomic E-state index is -0.877. The van der Waals surface area contributed by atoms with Gasteiger partial charge in [0.05, 0.1) is 28.0 Å². The Morgan fingerprint density at radius 2 is 1.93 bits per heavy atom. The Kier molecular flexibility index (Phi) is 7.07. The molecule has 0 N–H and O–H groups in total. The Morgan fingerprint density at radius 3 is 2.50 bits per heavy atom. The Hall–Kier alpha value is -3.44. The van der Waals surface area contributed by atoms with Crippen LogP contribution in [0.4, 0.5) is 11.4 Å². The quantitative estimate of drug-likeness (QED) is 0.397. The van der Waals surface area contributed by atoms with Crippen LogP contribution in [0.2, 0.25) is 5.02 Å². The zero-order valence-corrected chi connectivity index (χ0v) is 15.7. The van der Waals surface area contributed by atoms with Crippen molar-refractivity contribution in [3.63, 3.8) is 0 Å². The molecule has 8 nitrogen and oxygen atoms in total. The molecule has 1 amide bonds. The third-order valence-corrected chi connectivity index (χ3v) is 4.12. The van der Waals surface area contributed by atoms with E-state index in [9.17, 15) is 19.7 Å². The Balaban J connectivity index is 2.09. The van der Waals surface area contributed by atoms with Gasteiger partial charge in [-0.2, -0.15) is 5.26 Å². The lowest BCUT2D eigenvalue weighted by Crippen LogP contribution is -2.35. The minimum absolute atomic E-state index is 0.0843. The molecule has 0 heterocycles. The van der Waals surface area contributed by atoms with Gasteiger partial charge in [0, 0.05) is 24.4 Å². The fourth-order valence-electron chi connectivity index (χ4n) is 2.35. The number of aryl methyl sites for hydroxylation is 1. The van der Waals surface area contributed by atoms with E-state index in [-0.39, 0.29) is 29.2 Å². The molecule has 144 valence electrons. The topological polar surface area (TPSA) is 114 Å². The van der Waals surface area contributed by atoms with Crippen molar-refractivity contribution in [3.8, 4) is 6.07 Å². The molecule has 0 radical (unpaired) electrons. The average molecular weight is 402 g/mol. The van der Waals surface area contributed by atoms with Gasteiger partial charge in [-0.25, -0.2) is 4.79 Å². The predicted molar refractivity (Wildman–Crippen MR) is 102 cm³/mol. The van der Waals surface area contributed by atoms with Crippen molar-refractivity contribution < 1.29 is 19.2 Å². The molecule has 0 aromatic heterocycles. The van der Waals surface area contributed by atoms with Crippen LogP contribution >= 0.6 is 11.6 Å². The maximum absolute atomic E-state index is 12.5. The number of carbonyl (C=O) groups excluding carboxylic acids is 2. The number of benzene rings is 2. The largest absolute Gasteiger partial charge is 0.452 e. The monoisotopic (exact) mass is 401 g/mol. The second-order valence-electron chi connectivity index (χ2n) is 5.79. The fraction of sp³-hybridized carbons (Fsp3) is 0.211. The molecule has 0 atom stereocenters. The zero-order valence-electron chi connectivity index (χ0n) is 14.9. The molecule has 0 aliphatic carbocycles. The molecule has 2 aromatic rings. The zero-order chi connectivity index (χ0) is 20.7. The Labute approximate surface area is 166 Å². The third kappa shape index (κ3) is 5.28. The van der Waals surface area contributed by atoms with Gasteiger partial charge in [0.2, 0.25) is 0 Å². The number of hydrogen-bond donors (Lipinski definition) is 0.